The highest BCUT2D eigenvalue weighted by molar-refractivity contribution is 7.91. The molecule has 45 heavy (non-hydrogen) atoms. The van der Waals surface area contributed by atoms with Crippen LogP contribution in [0.5, 0.6) is 6.01 Å². The van der Waals surface area contributed by atoms with Gasteiger partial charge in [-0.1, -0.05) is 23.7 Å². The molecular formula is C29H27ClF3N5O6S. The van der Waals surface area contributed by atoms with Crippen LogP contribution in [-0.2, 0) is 14.6 Å². The molecule has 1 unspecified atom stereocenters. The van der Waals surface area contributed by atoms with Crippen LogP contribution in [0.15, 0.2) is 51.9 Å². The van der Waals surface area contributed by atoms with Gasteiger partial charge >= 0.3 is 12.1 Å². The Morgan fingerprint density at radius 3 is 2.60 bits per heavy atom. The number of carboxylic acid groups (broad SMARTS) is 1. The summed E-state index contributed by atoms with van der Waals surface area (Å²) in [6.45, 7) is -0.0728. The Hall–Kier alpha value is -3.82. The second-order valence-corrected chi connectivity index (χ2v) is 14.3. The molecule has 7 rings (SSSR count). The van der Waals surface area contributed by atoms with Crippen LogP contribution in [0.1, 0.15) is 37.2 Å². The summed E-state index contributed by atoms with van der Waals surface area (Å²) >= 11 is 6.22. The van der Waals surface area contributed by atoms with Crippen LogP contribution < -0.4 is 4.74 Å². The lowest BCUT2D eigenvalue weighted by Crippen LogP contribution is -2.51. The predicted molar refractivity (Wildman–Crippen MR) is 159 cm³/mol. The number of hydrogen-bond donors (Lipinski definition) is 1. The van der Waals surface area contributed by atoms with Gasteiger partial charge in [-0.2, -0.15) is 18.2 Å². The minimum absolute atomic E-state index is 0.000392. The maximum absolute atomic E-state index is 14.3. The van der Waals surface area contributed by atoms with E-state index in [4.69, 9.17) is 20.8 Å². The van der Waals surface area contributed by atoms with Crippen LogP contribution in [0.4, 0.5) is 18.9 Å². The summed E-state index contributed by atoms with van der Waals surface area (Å²) in [5, 5.41) is 11.1. The van der Waals surface area contributed by atoms with Crippen LogP contribution in [0, 0.1) is 0 Å². The SMILES string of the molecule is CN1C(C(F)(F)F)=Nc2c(oc3ccccc23)C1N1C[C@@H](Oc2nc3cc(Cl)ccc3n2C2CCS(=O)(=O)CC2)C[C@H]1C(=O)O. The van der Waals surface area contributed by atoms with Crippen LogP contribution in [0.3, 0.4) is 0 Å². The standard InChI is InChI=1S/C29H27ClF3N5O6S/c1-36-25(24-23(35-27(36)29(31,32)33)18-4-2-3-5-22(18)44-24)37-14-17(13-21(37)26(39)40)43-28-34-19-12-15(30)6-7-20(19)38(28)16-8-10-45(41,42)11-9-16/h2-7,12,16-17,21,25H,8-11,13-14H2,1H3,(H,39,40)/t17-,21-,25?/m0/s1. The first-order chi connectivity index (χ1) is 21.3. The number of furan rings is 1. The van der Waals surface area contributed by atoms with Crippen molar-refractivity contribution in [1.82, 2.24) is 19.4 Å². The van der Waals surface area contributed by atoms with Crippen molar-refractivity contribution < 1.29 is 40.6 Å². The predicted octanol–water partition coefficient (Wildman–Crippen LogP) is 5.33. The van der Waals surface area contributed by atoms with Crippen LogP contribution in [0.25, 0.3) is 22.0 Å². The fourth-order valence-corrected chi connectivity index (χ4v) is 8.28. The lowest BCUT2D eigenvalue weighted by molar-refractivity contribution is -0.144. The van der Waals surface area contributed by atoms with E-state index in [0.717, 1.165) is 4.90 Å². The summed E-state index contributed by atoms with van der Waals surface area (Å²) < 4.78 is 81.3. The van der Waals surface area contributed by atoms with Gasteiger partial charge in [-0.25, -0.2) is 13.4 Å². The first-order valence-electron chi connectivity index (χ1n) is 14.2. The quantitative estimate of drug-likeness (QED) is 0.301. The third-order valence-electron chi connectivity index (χ3n) is 8.68. The van der Waals surface area contributed by atoms with E-state index in [1.807, 2.05) is 4.57 Å². The number of aliphatic imine (C=N–C) groups is 1. The van der Waals surface area contributed by atoms with Gasteiger partial charge in [0.1, 0.15) is 39.4 Å². The zero-order chi connectivity index (χ0) is 31.8. The Balaban J connectivity index is 1.26. The highest BCUT2D eigenvalue weighted by Gasteiger charge is 2.52. The minimum Gasteiger partial charge on any atom is -0.480 e. The zero-order valence-electron chi connectivity index (χ0n) is 23.7. The topological polar surface area (TPSA) is 130 Å². The van der Waals surface area contributed by atoms with Gasteiger partial charge in [0.05, 0.1) is 22.5 Å². The molecule has 0 bridgehead atoms. The Morgan fingerprint density at radius 1 is 1.16 bits per heavy atom. The molecule has 1 N–H and O–H groups in total. The van der Waals surface area contributed by atoms with Gasteiger partial charge in [0, 0.05) is 36.5 Å². The van der Waals surface area contributed by atoms with Gasteiger partial charge in [-0.3, -0.25) is 14.3 Å². The van der Waals surface area contributed by atoms with Crippen LogP contribution in [-0.4, -0.2) is 88.1 Å². The molecule has 5 heterocycles. The lowest BCUT2D eigenvalue weighted by Gasteiger charge is -2.40. The number of ether oxygens (including phenoxy) is 1. The van der Waals surface area contributed by atoms with E-state index in [2.05, 4.69) is 9.98 Å². The molecule has 0 aliphatic carbocycles. The van der Waals surface area contributed by atoms with Crippen molar-refractivity contribution in [2.45, 2.75) is 49.8 Å². The maximum atomic E-state index is 14.3. The Morgan fingerprint density at radius 2 is 1.89 bits per heavy atom. The van der Waals surface area contributed by atoms with Gasteiger partial charge < -0.3 is 19.2 Å². The second kappa shape index (κ2) is 10.6. The normalized spacial score (nSPS) is 24.2. The maximum Gasteiger partial charge on any atom is 0.449 e. The molecule has 16 heteroatoms. The van der Waals surface area contributed by atoms with Crippen molar-refractivity contribution in [3.8, 4) is 6.01 Å². The average Bonchev–Trinajstić information content (AvgIpc) is 3.65. The van der Waals surface area contributed by atoms with E-state index >= 15 is 0 Å². The zero-order valence-corrected chi connectivity index (χ0v) is 25.3. The van der Waals surface area contributed by atoms with Crippen LogP contribution in [0.2, 0.25) is 5.02 Å². The van der Waals surface area contributed by atoms with Crippen molar-refractivity contribution in [3.63, 3.8) is 0 Å². The summed E-state index contributed by atoms with van der Waals surface area (Å²) in [7, 11) is -1.96. The summed E-state index contributed by atoms with van der Waals surface area (Å²) in [5.74, 6) is -2.31. The molecule has 0 radical (unpaired) electrons. The van der Waals surface area contributed by atoms with Crippen LogP contribution >= 0.6 is 11.6 Å². The highest BCUT2D eigenvalue weighted by atomic mass is 35.5. The number of likely N-dealkylation sites (tertiary alicyclic amines) is 1. The second-order valence-electron chi connectivity index (χ2n) is 11.5. The van der Waals surface area contributed by atoms with Gasteiger partial charge in [0.15, 0.2) is 5.76 Å². The number of aliphatic carboxylic acids is 1. The lowest BCUT2D eigenvalue weighted by atomic mass is 10.1. The first-order valence-corrected chi connectivity index (χ1v) is 16.4. The number of imidazole rings is 1. The molecule has 0 spiro atoms. The number of amidine groups is 1. The number of halogens is 4. The fraction of sp³-hybridized carbons (Fsp3) is 0.414. The van der Waals surface area contributed by atoms with E-state index in [0.29, 0.717) is 39.9 Å². The number of carbonyl (C=O) groups is 1. The number of benzene rings is 2. The Kier molecular flexibility index (Phi) is 7.05. The molecule has 238 valence electrons. The van der Waals surface area contributed by atoms with Crippen molar-refractivity contribution in [1.29, 1.82) is 0 Å². The van der Waals surface area contributed by atoms with E-state index in [-0.39, 0.29) is 48.0 Å². The van der Waals surface area contributed by atoms with Gasteiger partial charge in [-0.15, -0.1) is 0 Å². The number of alkyl halides is 3. The number of para-hydroxylation sites is 1. The van der Waals surface area contributed by atoms with Crippen molar-refractivity contribution in [2.24, 2.45) is 4.99 Å². The molecule has 2 aromatic carbocycles. The third kappa shape index (κ3) is 5.20. The summed E-state index contributed by atoms with van der Waals surface area (Å²) in [5.41, 5.74) is 1.52. The number of sulfone groups is 1. The molecule has 2 aromatic heterocycles. The van der Waals surface area contributed by atoms with E-state index in [9.17, 15) is 31.5 Å². The number of carboxylic acids is 1. The van der Waals surface area contributed by atoms with Crippen molar-refractivity contribution >= 4 is 60.9 Å². The molecule has 11 nitrogen and oxygen atoms in total. The van der Waals surface area contributed by atoms with Gasteiger partial charge in [0.2, 0.25) is 5.84 Å². The molecule has 3 aliphatic heterocycles. The van der Waals surface area contributed by atoms with Gasteiger partial charge in [0.25, 0.3) is 6.01 Å². The van der Waals surface area contributed by atoms with E-state index < -0.39 is 46.1 Å². The Labute approximate surface area is 259 Å². The first kappa shape index (κ1) is 29.9. The number of fused-ring (bicyclic) bond motifs is 4. The number of rotatable bonds is 5. The van der Waals surface area contributed by atoms with E-state index in [1.165, 1.54) is 11.9 Å². The highest BCUT2D eigenvalue weighted by Crippen LogP contribution is 2.47. The molecule has 3 aliphatic rings. The van der Waals surface area contributed by atoms with Crippen molar-refractivity contribution in [3.05, 3.63) is 53.2 Å². The smallest absolute Gasteiger partial charge is 0.449 e. The molecule has 2 saturated heterocycles. The summed E-state index contributed by atoms with van der Waals surface area (Å²) in [6, 6.07) is 10.3. The monoisotopic (exact) mass is 665 g/mol. The number of hydrogen-bond acceptors (Lipinski definition) is 9. The Bertz CT molecular complexity index is 1960. The average molecular weight is 666 g/mol. The third-order valence-corrected chi connectivity index (χ3v) is 10.6. The fourth-order valence-electron chi connectivity index (χ4n) is 6.64. The molecular weight excluding hydrogens is 639 g/mol. The molecule has 0 saturated carbocycles. The van der Waals surface area contributed by atoms with E-state index in [1.54, 1.807) is 42.5 Å². The molecule has 2 fully saturated rings. The molecule has 0 amide bonds. The van der Waals surface area contributed by atoms with Gasteiger partial charge in [-0.05, 0) is 43.2 Å². The largest absolute Gasteiger partial charge is 0.480 e. The number of nitrogens with zero attached hydrogens (tertiary/aromatic N) is 5. The summed E-state index contributed by atoms with van der Waals surface area (Å²) in [6.07, 6.45) is -6.25. The number of aromatic nitrogens is 2. The van der Waals surface area contributed by atoms with Crippen molar-refractivity contribution in [2.75, 3.05) is 25.1 Å². The molecule has 4 aromatic rings. The molecule has 3 atom stereocenters. The minimum atomic E-state index is -4.82. The summed E-state index contributed by atoms with van der Waals surface area (Å²) in [4.78, 5) is 23.4.